The zero-order valence-electron chi connectivity index (χ0n) is 16.1. The van der Waals surface area contributed by atoms with Crippen molar-refractivity contribution in [3.8, 4) is 6.07 Å². The minimum absolute atomic E-state index is 0.292. The Balaban J connectivity index is 1.78. The molecule has 0 aliphatic heterocycles. The zero-order valence-corrected chi connectivity index (χ0v) is 16.9. The molecule has 1 atom stereocenters. The second kappa shape index (κ2) is 8.51. The molecule has 0 radical (unpaired) electrons. The number of nitrogens with one attached hydrogen (secondary N) is 1. The number of aryl methyl sites for hydroxylation is 2. The Morgan fingerprint density at radius 3 is 2.74 bits per heavy atom. The molecule has 0 bridgehead atoms. The number of hydrogen-bond acceptors (Lipinski definition) is 4. The number of rotatable bonds is 7. The second-order valence-electron chi connectivity index (χ2n) is 6.98. The standard InChI is InChI=1S/C22H26N4S/c1-4-18(25-27-22-16(3)11-15(2)12-20(22)24)14-26-13-17(9-10-23)19-7-5-6-8-21(19)26/h5-8,11-13,18,25H,4,9,14,24H2,1-3H3/t18-/m0/s1. The van der Waals surface area contributed by atoms with Crippen molar-refractivity contribution in [3.05, 3.63) is 59.3 Å². The molecular weight excluding hydrogens is 352 g/mol. The van der Waals surface area contributed by atoms with Crippen molar-refractivity contribution < 1.29 is 0 Å². The van der Waals surface area contributed by atoms with Crippen molar-refractivity contribution >= 4 is 28.5 Å². The van der Waals surface area contributed by atoms with E-state index in [-0.39, 0.29) is 0 Å². The SMILES string of the molecule is CC[C@@H](Cn1cc(CC#N)c2ccccc21)NSc1c(C)cc(C)cc1N. The Bertz CT molecular complexity index is 961. The van der Waals surface area contributed by atoms with Gasteiger partial charge in [0.15, 0.2) is 0 Å². The number of fused-ring (bicyclic) bond motifs is 1. The molecule has 3 rings (SSSR count). The molecule has 0 fully saturated rings. The quantitative estimate of drug-likeness (QED) is 0.449. The summed E-state index contributed by atoms with van der Waals surface area (Å²) >= 11 is 1.62. The smallest absolute Gasteiger partial charge is 0.0670 e. The Hall–Kier alpha value is -2.42. The number of nitrogens with zero attached hydrogens (tertiary/aromatic N) is 2. The van der Waals surface area contributed by atoms with E-state index in [1.165, 1.54) is 22.0 Å². The lowest BCUT2D eigenvalue weighted by molar-refractivity contribution is 0.522. The molecule has 0 saturated carbocycles. The summed E-state index contributed by atoms with van der Waals surface area (Å²) in [5.74, 6) is 0. The van der Waals surface area contributed by atoms with Gasteiger partial charge in [0.2, 0.25) is 0 Å². The predicted molar refractivity (Wildman–Crippen MR) is 115 cm³/mol. The zero-order chi connectivity index (χ0) is 19.4. The van der Waals surface area contributed by atoms with Crippen molar-refractivity contribution in [2.45, 2.75) is 51.1 Å². The molecule has 1 heterocycles. The molecule has 0 amide bonds. The van der Waals surface area contributed by atoms with Crippen molar-refractivity contribution in [1.29, 1.82) is 5.26 Å². The molecule has 0 aliphatic carbocycles. The van der Waals surface area contributed by atoms with Crippen LogP contribution < -0.4 is 10.5 Å². The van der Waals surface area contributed by atoms with Crippen LogP contribution >= 0.6 is 11.9 Å². The summed E-state index contributed by atoms with van der Waals surface area (Å²) in [4.78, 5) is 1.10. The number of benzene rings is 2. The number of nitrogen functional groups attached to an aromatic ring is 1. The second-order valence-corrected chi connectivity index (χ2v) is 7.83. The Morgan fingerprint density at radius 2 is 2.04 bits per heavy atom. The van der Waals surface area contributed by atoms with Gasteiger partial charge in [-0.1, -0.05) is 31.2 Å². The molecule has 4 nitrogen and oxygen atoms in total. The molecule has 27 heavy (non-hydrogen) atoms. The van der Waals surface area contributed by atoms with E-state index in [0.717, 1.165) is 29.1 Å². The number of aromatic nitrogens is 1. The van der Waals surface area contributed by atoms with Crippen molar-refractivity contribution in [2.24, 2.45) is 0 Å². The van der Waals surface area contributed by atoms with Crippen LogP contribution in [0.5, 0.6) is 0 Å². The van der Waals surface area contributed by atoms with E-state index < -0.39 is 0 Å². The van der Waals surface area contributed by atoms with E-state index in [2.05, 4.69) is 66.6 Å². The first-order valence-corrected chi connectivity index (χ1v) is 10.1. The van der Waals surface area contributed by atoms with Crippen molar-refractivity contribution in [2.75, 3.05) is 5.73 Å². The number of nitrogens with two attached hydrogens (primary N) is 1. The van der Waals surface area contributed by atoms with Crippen LogP contribution in [0.25, 0.3) is 10.9 Å². The molecular formula is C22H26N4S. The minimum Gasteiger partial charge on any atom is -0.398 e. The van der Waals surface area contributed by atoms with Gasteiger partial charge >= 0.3 is 0 Å². The van der Waals surface area contributed by atoms with Gasteiger partial charge in [0.1, 0.15) is 0 Å². The summed E-state index contributed by atoms with van der Waals surface area (Å²) in [6, 6.07) is 15.0. The molecule has 1 aromatic heterocycles. The van der Waals surface area contributed by atoms with Gasteiger partial charge in [-0.2, -0.15) is 5.26 Å². The minimum atomic E-state index is 0.292. The van der Waals surface area contributed by atoms with E-state index in [4.69, 9.17) is 11.0 Å². The molecule has 3 N–H and O–H groups in total. The fraction of sp³-hybridized carbons (Fsp3) is 0.318. The van der Waals surface area contributed by atoms with E-state index in [0.29, 0.717) is 12.5 Å². The lowest BCUT2D eigenvalue weighted by atomic mass is 10.1. The first-order chi connectivity index (χ1) is 13.0. The molecule has 0 saturated heterocycles. The largest absolute Gasteiger partial charge is 0.398 e. The van der Waals surface area contributed by atoms with Crippen LogP contribution in [-0.2, 0) is 13.0 Å². The summed E-state index contributed by atoms with van der Waals surface area (Å²) in [7, 11) is 0. The summed E-state index contributed by atoms with van der Waals surface area (Å²) < 4.78 is 5.85. The van der Waals surface area contributed by atoms with Gasteiger partial charge in [0.25, 0.3) is 0 Å². The number of para-hydroxylation sites is 1. The van der Waals surface area contributed by atoms with Crippen LogP contribution in [0.2, 0.25) is 0 Å². The van der Waals surface area contributed by atoms with Gasteiger partial charge in [0.05, 0.1) is 12.5 Å². The Morgan fingerprint density at radius 1 is 1.26 bits per heavy atom. The number of nitriles is 1. The molecule has 140 valence electrons. The Kier molecular flexibility index (Phi) is 6.10. The van der Waals surface area contributed by atoms with Crippen LogP contribution in [0, 0.1) is 25.2 Å². The van der Waals surface area contributed by atoms with Gasteiger partial charge in [-0.15, -0.1) is 0 Å². The topological polar surface area (TPSA) is 66.8 Å². The van der Waals surface area contributed by atoms with Crippen molar-refractivity contribution in [1.82, 2.24) is 9.29 Å². The average molecular weight is 379 g/mol. The highest BCUT2D eigenvalue weighted by Gasteiger charge is 2.14. The molecule has 3 aromatic rings. The third-order valence-corrected chi connectivity index (χ3v) is 6.04. The van der Waals surface area contributed by atoms with E-state index in [9.17, 15) is 0 Å². The van der Waals surface area contributed by atoms with Crippen LogP contribution in [-0.4, -0.2) is 10.6 Å². The first-order valence-electron chi connectivity index (χ1n) is 9.26. The maximum absolute atomic E-state index is 9.11. The van der Waals surface area contributed by atoms with Gasteiger partial charge in [-0.3, -0.25) is 4.72 Å². The van der Waals surface area contributed by atoms with Crippen molar-refractivity contribution in [3.63, 3.8) is 0 Å². The summed E-state index contributed by atoms with van der Waals surface area (Å²) in [5.41, 5.74) is 11.7. The van der Waals surface area contributed by atoms with Gasteiger partial charge in [-0.25, -0.2) is 0 Å². The molecule has 5 heteroatoms. The summed E-state index contributed by atoms with van der Waals surface area (Å²) in [6.07, 6.45) is 3.55. The van der Waals surface area contributed by atoms with E-state index in [1.807, 2.05) is 12.1 Å². The fourth-order valence-electron chi connectivity index (χ4n) is 3.46. The van der Waals surface area contributed by atoms with Gasteiger partial charge in [-0.05, 0) is 61.0 Å². The van der Waals surface area contributed by atoms with Crippen LogP contribution in [0.3, 0.4) is 0 Å². The Labute approximate surface area is 165 Å². The maximum atomic E-state index is 9.11. The summed E-state index contributed by atoms with van der Waals surface area (Å²) in [6.45, 7) is 7.20. The third kappa shape index (κ3) is 4.29. The highest BCUT2D eigenvalue weighted by molar-refractivity contribution is 7.97. The average Bonchev–Trinajstić information content (AvgIpc) is 2.98. The lowest BCUT2D eigenvalue weighted by Gasteiger charge is -2.19. The van der Waals surface area contributed by atoms with Crippen LogP contribution in [0.15, 0.2) is 47.5 Å². The third-order valence-electron chi connectivity index (χ3n) is 4.83. The predicted octanol–water partition coefficient (Wildman–Crippen LogP) is 4.98. The fourth-order valence-corrected chi connectivity index (χ4v) is 4.38. The maximum Gasteiger partial charge on any atom is 0.0670 e. The summed E-state index contributed by atoms with van der Waals surface area (Å²) in [5, 5.41) is 10.3. The van der Waals surface area contributed by atoms with Gasteiger partial charge < -0.3 is 10.3 Å². The lowest BCUT2D eigenvalue weighted by Crippen LogP contribution is -2.27. The van der Waals surface area contributed by atoms with E-state index in [1.54, 1.807) is 11.9 Å². The van der Waals surface area contributed by atoms with E-state index >= 15 is 0 Å². The molecule has 0 spiro atoms. The van der Waals surface area contributed by atoms with Gasteiger partial charge in [0, 0.05) is 40.3 Å². The monoisotopic (exact) mass is 378 g/mol. The molecule has 0 unspecified atom stereocenters. The highest BCUT2D eigenvalue weighted by atomic mass is 32.2. The normalized spacial score (nSPS) is 12.2. The highest BCUT2D eigenvalue weighted by Crippen LogP contribution is 2.29. The molecule has 2 aromatic carbocycles. The van der Waals surface area contributed by atoms with Crippen LogP contribution in [0.4, 0.5) is 5.69 Å². The van der Waals surface area contributed by atoms with Crippen LogP contribution in [0.1, 0.15) is 30.0 Å². The number of hydrogen-bond donors (Lipinski definition) is 2. The molecule has 0 aliphatic rings. The number of anilines is 1. The first kappa shape index (κ1) is 19.3.